The molecule has 1 heterocycles. The number of hydrogen-bond acceptors (Lipinski definition) is 3. The fourth-order valence-electron chi connectivity index (χ4n) is 4.97. The summed E-state index contributed by atoms with van der Waals surface area (Å²) in [4.78, 5) is 0. The van der Waals surface area contributed by atoms with Crippen LogP contribution in [0.2, 0.25) is 5.04 Å². The van der Waals surface area contributed by atoms with Gasteiger partial charge in [0.25, 0.3) is 8.32 Å². The molecule has 1 fully saturated rings. The van der Waals surface area contributed by atoms with Crippen LogP contribution in [-0.4, -0.2) is 21.0 Å². The summed E-state index contributed by atoms with van der Waals surface area (Å²) < 4.78 is 7.36. The van der Waals surface area contributed by atoms with Crippen molar-refractivity contribution in [1.82, 2.24) is 5.32 Å². The predicted molar refractivity (Wildman–Crippen MR) is 134 cm³/mol. The molecular formula is C28H32N2OSi. The molecule has 3 nitrogen and oxygen atoms in total. The third-order valence-electron chi connectivity index (χ3n) is 6.56. The molecule has 1 aliphatic rings. The van der Waals surface area contributed by atoms with Crippen LogP contribution >= 0.6 is 0 Å². The fourth-order valence-corrected chi connectivity index (χ4v) is 9.70. The number of rotatable bonds is 5. The molecule has 32 heavy (non-hydrogen) atoms. The van der Waals surface area contributed by atoms with Crippen LogP contribution in [0.4, 0.5) is 0 Å². The molecule has 4 rings (SSSR count). The predicted octanol–water partition coefficient (Wildman–Crippen LogP) is 4.93. The van der Waals surface area contributed by atoms with Crippen molar-refractivity contribution in [2.24, 2.45) is 0 Å². The third kappa shape index (κ3) is 4.42. The highest BCUT2D eigenvalue weighted by atomic mass is 28.4. The third-order valence-corrected chi connectivity index (χ3v) is 11.7. The van der Waals surface area contributed by atoms with Gasteiger partial charge in [-0.2, -0.15) is 5.26 Å². The summed E-state index contributed by atoms with van der Waals surface area (Å²) in [7, 11) is -2.55. The first-order chi connectivity index (χ1) is 15.4. The molecule has 0 bridgehead atoms. The van der Waals surface area contributed by atoms with Gasteiger partial charge in [0, 0.05) is 12.1 Å². The van der Waals surface area contributed by atoms with E-state index in [-0.39, 0.29) is 17.2 Å². The van der Waals surface area contributed by atoms with Gasteiger partial charge in [-0.1, -0.05) is 93.6 Å². The average Bonchev–Trinajstić information content (AvgIpc) is 2.83. The van der Waals surface area contributed by atoms with Gasteiger partial charge in [-0.05, 0) is 52.5 Å². The topological polar surface area (TPSA) is 45.0 Å². The smallest absolute Gasteiger partial charge is 0.261 e. The van der Waals surface area contributed by atoms with Crippen LogP contribution in [0.1, 0.15) is 50.8 Å². The Morgan fingerprint density at radius 1 is 0.875 bits per heavy atom. The lowest BCUT2D eigenvalue weighted by atomic mass is 9.95. The number of hydrogen-bond donors (Lipinski definition) is 1. The lowest BCUT2D eigenvalue weighted by Gasteiger charge is -2.46. The van der Waals surface area contributed by atoms with Crippen LogP contribution in [0.15, 0.2) is 84.9 Å². The van der Waals surface area contributed by atoms with E-state index in [1.54, 1.807) is 0 Å². The van der Waals surface area contributed by atoms with E-state index in [1.165, 1.54) is 15.9 Å². The maximum absolute atomic E-state index is 9.12. The van der Waals surface area contributed by atoms with E-state index in [9.17, 15) is 0 Å². The zero-order valence-corrected chi connectivity index (χ0v) is 20.2. The Morgan fingerprint density at radius 3 is 1.94 bits per heavy atom. The molecule has 1 saturated heterocycles. The van der Waals surface area contributed by atoms with Crippen LogP contribution in [0.25, 0.3) is 0 Å². The molecule has 0 amide bonds. The summed E-state index contributed by atoms with van der Waals surface area (Å²) in [5, 5.41) is 15.4. The molecule has 0 aromatic heterocycles. The van der Waals surface area contributed by atoms with Gasteiger partial charge in [0.1, 0.15) is 0 Å². The zero-order chi connectivity index (χ0) is 22.6. The average molecular weight is 441 g/mol. The van der Waals surface area contributed by atoms with Gasteiger partial charge in [0.2, 0.25) is 0 Å². The Labute approximate surface area is 193 Å². The van der Waals surface area contributed by atoms with Gasteiger partial charge in [0.15, 0.2) is 0 Å². The quantitative estimate of drug-likeness (QED) is 0.572. The zero-order valence-electron chi connectivity index (χ0n) is 19.2. The molecule has 0 spiro atoms. The Bertz CT molecular complexity index is 1010. The Morgan fingerprint density at radius 2 is 1.44 bits per heavy atom. The largest absolute Gasteiger partial charge is 0.404 e. The minimum atomic E-state index is -2.55. The van der Waals surface area contributed by atoms with Gasteiger partial charge in [-0.3, -0.25) is 0 Å². The molecule has 0 radical (unpaired) electrons. The highest BCUT2D eigenvalue weighted by Gasteiger charge is 2.51. The van der Waals surface area contributed by atoms with Crippen molar-refractivity contribution in [1.29, 1.82) is 5.26 Å². The first kappa shape index (κ1) is 22.5. The summed E-state index contributed by atoms with van der Waals surface area (Å²) in [6.07, 6.45) is 2.09. The molecular weight excluding hydrogens is 408 g/mol. The second-order valence-electron chi connectivity index (χ2n) is 9.67. The lowest BCUT2D eigenvalue weighted by Crippen LogP contribution is -2.68. The molecule has 1 N–H and O–H groups in total. The summed E-state index contributed by atoms with van der Waals surface area (Å²) in [5.74, 6) is 0. The first-order valence-corrected chi connectivity index (χ1v) is 13.4. The van der Waals surface area contributed by atoms with Crippen LogP contribution in [0.3, 0.4) is 0 Å². The number of nitrogens with one attached hydrogen (secondary N) is 1. The van der Waals surface area contributed by atoms with Crippen molar-refractivity contribution in [3.05, 3.63) is 96.1 Å². The highest BCUT2D eigenvalue weighted by molar-refractivity contribution is 6.99. The van der Waals surface area contributed by atoms with E-state index in [4.69, 9.17) is 9.69 Å². The number of nitriles is 1. The summed E-state index contributed by atoms with van der Waals surface area (Å²) in [5.41, 5.74) is 1.92. The van der Waals surface area contributed by atoms with Crippen LogP contribution in [0.5, 0.6) is 0 Å². The molecule has 1 aliphatic heterocycles. The minimum absolute atomic E-state index is 0.0233. The van der Waals surface area contributed by atoms with Crippen molar-refractivity contribution in [3.63, 3.8) is 0 Å². The van der Waals surface area contributed by atoms with E-state index >= 15 is 0 Å². The van der Waals surface area contributed by atoms with Gasteiger partial charge >= 0.3 is 0 Å². The van der Waals surface area contributed by atoms with E-state index < -0.39 is 8.32 Å². The van der Waals surface area contributed by atoms with Gasteiger partial charge in [-0.15, -0.1) is 0 Å². The molecule has 164 valence electrons. The van der Waals surface area contributed by atoms with Gasteiger partial charge in [0.05, 0.1) is 11.6 Å². The molecule has 2 unspecified atom stereocenters. The van der Waals surface area contributed by atoms with Crippen LogP contribution < -0.4 is 15.7 Å². The molecule has 4 heteroatoms. The minimum Gasteiger partial charge on any atom is -0.404 e. The van der Waals surface area contributed by atoms with Crippen molar-refractivity contribution < 1.29 is 4.43 Å². The van der Waals surface area contributed by atoms with Gasteiger partial charge < -0.3 is 9.74 Å². The molecule has 3 aromatic carbocycles. The molecule has 3 aromatic rings. The fraction of sp³-hybridized carbons (Fsp3) is 0.321. The monoisotopic (exact) mass is 440 g/mol. The Hall–Kier alpha value is -2.71. The normalized spacial score (nSPS) is 19.3. The van der Waals surface area contributed by atoms with Crippen LogP contribution in [0, 0.1) is 11.3 Å². The number of nitrogens with zero attached hydrogens (tertiary/aromatic N) is 1. The Balaban J connectivity index is 1.70. The molecule has 0 aliphatic carbocycles. The van der Waals surface area contributed by atoms with E-state index in [1.807, 2.05) is 12.1 Å². The van der Waals surface area contributed by atoms with Crippen molar-refractivity contribution in [2.45, 2.75) is 50.8 Å². The second kappa shape index (κ2) is 9.42. The van der Waals surface area contributed by atoms with E-state index in [0.717, 1.165) is 19.4 Å². The Kier molecular flexibility index (Phi) is 6.62. The summed E-state index contributed by atoms with van der Waals surface area (Å²) in [6, 6.07) is 32.1. The second-order valence-corrected chi connectivity index (χ2v) is 13.9. The van der Waals surface area contributed by atoms with E-state index in [2.05, 4.69) is 105 Å². The SMILES string of the molecule is CC(C)(C)[Si](OC1CCNC(c2ccc(C#N)cc2)C1)(c1ccccc1)c1ccccc1. The van der Waals surface area contributed by atoms with Crippen molar-refractivity contribution in [3.8, 4) is 6.07 Å². The van der Waals surface area contributed by atoms with Gasteiger partial charge in [-0.25, -0.2) is 0 Å². The van der Waals surface area contributed by atoms with Crippen LogP contribution in [-0.2, 0) is 4.43 Å². The maximum atomic E-state index is 9.12. The first-order valence-electron chi connectivity index (χ1n) is 11.5. The standard InChI is InChI=1S/C28H32N2OSi/c1-28(2,3)32(25-10-6-4-7-11-25,26-12-8-5-9-13-26)31-24-18-19-30-27(20-24)23-16-14-22(21-29)15-17-23/h4-17,24,27,30H,18-20H2,1-3H3. The maximum Gasteiger partial charge on any atom is 0.261 e. The number of benzene rings is 3. The summed E-state index contributed by atoms with van der Waals surface area (Å²) in [6.45, 7) is 7.92. The molecule has 2 atom stereocenters. The summed E-state index contributed by atoms with van der Waals surface area (Å²) >= 11 is 0. The highest BCUT2D eigenvalue weighted by Crippen LogP contribution is 2.39. The van der Waals surface area contributed by atoms with Crippen molar-refractivity contribution in [2.75, 3.05) is 6.54 Å². The lowest BCUT2D eigenvalue weighted by molar-refractivity contribution is 0.129. The van der Waals surface area contributed by atoms with E-state index in [0.29, 0.717) is 5.56 Å². The number of piperidine rings is 1. The van der Waals surface area contributed by atoms with Crippen molar-refractivity contribution >= 4 is 18.7 Å². The molecule has 0 saturated carbocycles.